The second kappa shape index (κ2) is 10.3. The fourth-order valence-corrected chi connectivity index (χ4v) is 4.99. The maximum absolute atomic E-state index is 12.1. The molecule has 0 bridgehead atoms. The van der Waals surface area contributed by atoms with Crippen molar-refractivity contribution in [3.05, 3.63) is 34.6 Å². The predicted molar refractivity (Wildman–Crippen MR) is 132 cm³/mol. The Kier molecular flexibility index (Phi) is 7.60. The van der Waals surface area contributed by atoms with Gasteiger partial charge in [0.1, 0.15) is 24.2 Å². The highest BCUT2D eigenvalue weighted by Gasteiger charge is 2.36. The molecule has 0 aromatic carbocycles. The molecule has 8 nitrogen and oxygen atoms in total. The fourth-order valence-electron chi connectivity index (χ4n) is 4.62. The minimum absolute atomic E-state index is 0.0482. The van der Waals surface area contributed by atoms with Crippen LogP contribution < -0.4 is 15.5 Å². The van der Waals surface area contributed by atoms with Gasteiger partial charge in [0.05, 0.1) is 11.3 Å². The highest BCUT2D eigenvalue weighted by molar-refractivity contribution is 6.37. The standard InChI is InChI=1S/C23H32Cl2N6O2/c1-13(2)26-11-16(15-4-5-17(24)18(25)10-15)23(33)31-8-6-30(7-9-31)21-19-14(3)22(32)29-20(19)27-12-28-21/h4,10,12-14,16-17,23,26,33H,5-9,11H2,1-3H3,(H,27,28,29,32)/t14?,16?,17-,23?/m1/s1. The number of carbonyl (C=O) groups excluding carboxylic acids is 1. The summed E-state index contributed by atoms with van der Waals surface area (Å²) >= 11 is 12.6. The minimum Gasteiger partial charge on any atom is -0.378 e. The van der Waals surface area contributed by atoms with Gasteiger partial charge >= 0.3 is 0 Å². The molecule has 4 atom stereocenters. The van der Waals surface area contributed by atoms with Crippen LogP contribution in [-0.4, -0.2) is 76.3 Å². The number of carbonyl (C=O) groups is 1. The van der Waals surface area contributed by atoms with Crippen LogP contribution in [0.4, 0.5) is 11.6 Å². The third-order valence-electron chi connectivity index (χ3n) is 6.62. The Morgan fingerprint density at radius 3 is 2.67 bits per heavy atom. The lowest BCUT2D eigenvalue weighted by molar-refractivity contribution is -0.116. The van der Waals surface area contributed by atoms with Crippen molar-refractivity contribution in [2.75, 3.05) is 42.9 Å². The van der Waals surface area contributed by atoms with Crippen molar-refractivity contribution in [3.63, 3.8) is 0 Å². The van der Waals surface area contributed by atoms with E-state index in [1.807, 2.05) is 13.0 Å². The molecule has 1 amide bonds. The summed E-state index contributed by atoms with van der Waals surface area (Å²) in [5, 5.41) is 18.1. The number of nitrogens with zero attached hydrogens (tertiary/aromatic N) is 4. The molecular formula is C23H32Cl2N6O2. The molecule has 1 saturated heterocycles. The van der Waals surface area contributed by atoms with E-state index >= 15 is 0 Å². The Morgan fingerprint density at radius 2 is 2.00 bits per heavy atom. The maximum Gasteiger partial charge on any atom is 0.233 e. The van der Waals surface area contributed by atoms with E-state index in [2.05, 4.69) is 50.3 Å². The average molecular weight is 495 g/mol. The number of piperazine rings is 1. The Hall–Kier alpha value is -1.71. The van der Waals surface area contributed by atoms with Crippen LogP contribution in [0.3, 0.4) is 0 Å². The number of fused-ring (bicyclic) bond motifs is 1. The fraction of sp³-hybridized carbons (Fsp3) is 0.609. The lowest BCUT2D eigenvalue weighted by Gasteiger charge is -2.41. The quantitative estimate of drug-likeness (QED) is 0.501. The molecule has 4 rings (SSSR count). The van der Waals surface area contributed by atoms with Crippen molar-refractivity contribution in [3.8, 4) is 0 Å². The number of hydrogen-bond acceptors (Lipinski definition) is 7. The molecule has 1 aromatic heterocycles. The van der Waals surface area contributed by atoms with Crippen LogP contribution in [0.1, 0.15) is 38.7 Å². The number of alkyl halides is 1. The van der Waals surface area contributed by atoms with Crippen LogP contribution in [0.15, 0.2) is 29.1 Å². The maximum atomic E-state index is 12.1. The second-order valence-electron chi connectivity index (χ2n) is 9.21. The van der Waals surface area contributed by atoms with Gasteiger partial charge in [-0.1, -0.05) is 31.5 Å². The van der Waals surface area contributed by atoms with Gasteiger partial charge in [0.25, 0.3) is 0 Å². The van der Waals surface area contributed by atoms with E-state index in [1.54, 1.807) is 0 Å². The van der Waals surface area contributed by atoms with Gasteiger partial charge in [0.15, 0.2) is 0 Å². The summed E-state index contributed by atoms with van der Waals surface area (Å²) in [5.74, 6) is 0.961. The van der Waals surface area contributed by atoms with E-state index in [-0.39, 0.29) is 23.1 Å². The SMILES string of the molecule is CC(C)NCC(C1=CC[C@@H](Cl)C(Cl)=C1)C(O)N1CCN(c2ncnc3c2C(C)C(=O)N3)CC1. The average Bonchev–Trinajstić information content (AvgIpc) is 3.09. The van der Waals surface area contributed by atoms with Gasteiger partial charge in [-0.05, 0) is 25.0 Å². The number of hydrogen-bond donors (Lipinski definition) is 3. The molecule has 180 valence electrons. The first-order valence-electron chi connectivity index (χ1n) is 11.5. The number of anilines is 2. The molecular weight excluding hydrogens is 463 g/mol. The summed E-state index contributed by atoms with van der Waals surface area (Å²) in [6, 6.07) is 0.305. The number of aromatic nitrogens is 2. The summed E-state index contributed by atoms with van der Waals surface area (Å²) in [5.41, 5.74) is 1.88. The van der Waals surface area contributed by atoms with Gasteiger partial charge in [0, 0.05) is 55.3 Å². The molecule has 1 aliphatic carbocycles. The first kappa shape index (κ1) is 24.4. The molecule has 3 heterocycles. The van der Waals surface area contributed by atoms with Crippen LogP contribution in [0.2, 0.25) is 0 Å². The number of aliphatic hydroxyl groups is 1. The van der Waals surface area contributed by atoms with Gasteiger partial charge in [-0.3, -0.25) is 9.69 Å². The van der Waals surface area contributed by atoms with E-state index in [1.165, 1.54) is 6.33 Å². The second-order valence-corrected chi connectivity index (χ2v) is 10.2. The normalized spacial score (nSPS) is 25.4. The van der Waals surface area contributed by atoms with Crippen molar-refractivity contribution in [1.29, 1.82) is 0 Å². The van der Waals surface area contributed by atoms with E-state index < -0.39 is 6.23 Å². The molecule has 2 aliphatic heterocycles. The zero-order valence-electron chi connectivity index (χ0n) is 19.3. The molecule has 3 aliphatic rings. The van der Waals surface area contributed by atoms with Gasteiger partial charge in [-0.25, -0.2) is 9.97 Å². The van der Waals surface area contributed by atoms with Crippen molar-refractivity contribution in [1.82, 2.24) is 20.2 Å². The van der Waals surface area contributed by atoms with Crippen LogP contribution in [-0.2, 0) is 4.79 Å². The van der Waals surface area contributed by atoms with Crippen LogP contribution in [0.5, 0.6) is 0 Å². The van der Waals surface area contributed by atoms with Gasteiger partial charge in [-0.2, -0.15) is 0 Å². The minimum atomic E-state index is -0.657. The number of rotatable bonds is 7. The van der Waals surface area contributed by atoms with Crippen molar-refractivity contribution in [2.45, 2.75) is 50.8 Å². The first-order valence-corrected chi connectivity index (χ1v) is 12.3. The van der Waals surface area contributed by atoms with Gasteiger partial charge in [0.2, 0.25) is 5.91 Å². The lowest BCUT2D eigenvalue weighted by Crippen LogP contribution is -2.54. The van der Waals surface area contributed by atoms with Crippen LogP contribution >= 0.6 is 23.2 Å². The third kappa shape index (κ3) is 5.20. The third-order valence-corrected chi connectivity index (χ3v) is 7.51. The molecule has 3 N–H and O–H groups in total. The number of allylic oxidation sites excluding steroid dienone is 3. The highest BCUT2D eigenvalue weighted by atomic mass is 35.5. The molecule has 0 spiro atoms. The Bertz CT molecular complexity index is 945. The number of aliphatic hydroxyl groups excluding tert-OH is 1. The van der Waals surface area contributed by atoms with E-state index in [0.717, 1.165) is 17.0 Å². The monoisotopic (exact) mass is 494 g/mol. The highest BCUT2D eigenvalue weighted by Crippen LogP contribution is 2.37. The molecule has 33 heavy (non-hydrogen) atoms. The van der Waals surface area contributed by atoms with Gasteiger partial charge < -0.3 is 20.6 Å². The number of amides is 1. The Balaban J connectivity index is 1.46. The number of halogens is 2. The predicted octanol–water partition coefficient (Wildman–Crippen LogP) is 2.65. The Morgan fingerprint density at radius 1 is 1.27 bits per heavy atom. The summed E-state index contributed by atoms with van der Waals surface area (Å²) in [6.45, 7) is 9.46. The van der Waals surface area contributed by atoms with E-state index in [0.29, 0.717) is 56.0 Å². The molecule has 10 heteroatoms. The first-order chi connectivity index (χ1) is 15.8. The summed E-state index contributed by atoms with van der Waals surface area (Å²) in [7, 11) is 0. The summed E-state index contributed by atoms with van der Waals surface area (Å²) in [4.78, 5) is 25.1. The van der Waals surface area contributed by atoms with E-state index in [4.69, 9.17) is 23.2 Å². The topological polar surface area (TPSA) is 93.6 Å². The molecule has 0 radical (unpaired) electrons. The van der Waals surface area contributed by atoms with Crippen LogP contribution in [0, 0.1) is 5.92 Å². The number of nitrogens with one attached hydrogen (secondary N) is 2. The van der Waals surface area contributed by atoms with Crippen LogP contribution in [0.25, 0.3) is 0 Å². The van der Waals surface area contributed by atoms with E-state index in [9.17, 15) is 9.90 Å². The van der Waals surface area contributed by atoms with Gasteiger partial charge in [-0.15, -0.1) is 11.6 Å². The van der Waals surface area contributed by atoms with Crippen molar-refractivity contribution < 1.29 is 9.90 Å². The zero-order valence-corrected chi connectivity index (χ0v) is 20.8. The molecule has 0 saturated carbocycles. The lowest BCUT2D eigenvalue weighted by atomic mass is 9.91. The zero-order chi connectivity index (χ0) is 23.7. The smallest absolute Gasteiger partial charge is 0.233 e. The van der Waals surface area contributed by atoms with Crippen molar-refractivity contribution >= 4 is 40.7 Å². The largest absolute Gasteiger partial charge is 0.378 e. The van der Waals surface area contributed by atoms with Crippen molar-refractivity contribution in [2.24, 2.45) is 5.92 Å². The molecule has 1 fully saturated rings. The molecule has 3 unspecified atom stereocenters. The Labute approximate surface area is 205 Å². The molecule has 1 aromatic rings. The summed E-state index contributed by atoms with van der Waals surface area (Å²) < 4.78 is 0. The summed E-state index contributed by atoms with van der Waals surface area (Å²) in [6.07, 6.45) is 5.50.